The number of halogens is 1. The van der Waals surface area contributed by atoms with Gasteiger partial charge in [0, 0.05) is 17.8 Å². The summed E-state index contributed by atoms with van der Waals surface area (Å²) in [4.78, 5) is 12.8. The molecule has 0 spiro atoms. The Kier molecular flexibility index (Phi) is 3.49. The predicted molar refractivity (Wildman–Crippen MR) is 82.9 cm³/mol. The molecule has 3 N–H and O–H groups in total. The molecule has 0 amide bonds. The third kappa shape index (κ3) is 2.29. The topological polar surface area (TPSA) is 108 Å². The first-order valence-electron chi connectivity index (χ1n) is 7.42. The fraction of sp³-hybridized carbons (Fsp3) is 0.500. The maximum Gasteiger partial charge on any atom is 0.174 e. The van der Waals surface area contributed by atoms with Crippen LogP contribution < -0.4 is 4.42 Å². The van der Waals surface area contributed by atoms with Crippen molar-refractivity contribution in [3.8, 4) is 0 Å². The number of fused-ring (bicyclic) bond motifs is 1. The van der Waals surface area contributed by atoms with Gasteiger partial charge in [0.1, 0.15) is 18.5 Å². The SMILES string of the molecule is OCC1=CC(n2cnc3c(N(Cl)C4CC4)ncnc32)C(O)C1O. The summed E-state index contributed by atoms with van der Waals surface area (Å²) in [6.07, 6.45) is 4.46. The van der Waals surface area contributed by atoms with Crippen LogP contribution in [0.1, 0.15) is 18.9 Å². The Bertz CT molecular complexity index is 775. The van der Waals surface area contributed by atoms with Crippen molar-refractivity contribution in [2.75, 3.05) is 11.0 Å². The van der Waals surface area contributed by atoms with Gasteiger partial charge in [-0.1, -0.05) is 6.08 Å². The Balaban J connectivity index is 1.77. The second kappa shape index (κ2) is 5.41. The van der Waals surface area contributed by atoms with Gasteiger partial charge in [0.2, 0.25) is 0 Å². The summed E-state index contributed by atoms with van der Waals surface area (Å²) >= 11 is 6.31. The molecule has 4 rings (SSSR count). The molecule has 0 bridgehead atoms. The molecule has 0 radical (unpaired) electrons. The van der Waals surface area contributed by atoms with Gasteiger partial charge < -0.3 is 19.9 Å². The molecule has 1 saturated carbocycles. The minimum atomic E-state index is -1.10. The second-order valence-corrected chi connectivity index (χ2v) is 6.25. The van der Waals surface area contributed by atoms with Crippen LogP contribution in [0.25, 0.3) is 11.2 Å². The Morgan fingerprint density at radius 3 is 2.70 bits per heavy atom. The summed E-state index contributed by atoms with van der Waals surface area (Å²) in [7, 11) is 0. The zero-order chi connectivity index (χ0) is 16.1. The number of nitrogens with zero attached hydrogens (tertiary/aromatic N) is 5. The molecule has 2 aliphatic carbocycles. The van der Waals surface area contributed by atoms with Gasteiger partial charge in [0.15, 0.2) is 17.0 Å². The first-order valence-corrected chi connectivity index (χ1v) is 7.75. The lowest BCUT2D eigenvalue weighted by Gasteiger charge is -2.19. The molecule has 23 heavy (non-hydrogen) atoms. The minimum absolute atomic E-state index is 0.264. The van der Waals surface area contributed by atoms with E-state index in [1.807, 2.05) is 0 Å². The van der Waals surface area contributed by atoms with E-state index in [4.69, 9.17) is 11.8 Å². The van der Waals surface area contributed by atoms with Gasteiger partial charge >= 0.3 is 0 Å². The highest BCUT2D eigenvalue weighted by Crippen LogP contribution is 2.36. The largest absolute Gasteiger partial charge is 0.392 e. The first kappa shape index (κ1) is 14.8. The van der Waals surface area contributed by atoms with Crippen molar-refractivity contribution in [3.63, 3.8) is 0 Å². The summed E-state index contributed by atoms with van der Waals surface area (Å²) in [5.41, 5.74) is 1.45. The van der Waals surface area contributed by atoms with Crippen molar-refractivity contribution in [2.45, 2.75) is 37.1 Å². The molecule has 2 aliphatic rings. The van der Waals surface area contributed by atoms with Gasteiger partial charge in [0.05, 0.1) is 19.0 Å². The van der Waals surface area contributed by atoms with Gasteiger partial charge in [-0.05, 0) is 18.4 Å². The van der Waals surface area contributed by atoms with Gasteiger partial charge in [0.25, 0.3) is 0 Å². The van der Waals surface area contributed by atoms with E-state index in [1.165, 1.54) is 12.7 Å². The molecule has 3 unspecified atom stereocenters. The molecule has 8 nitrogen and oxygen atoms in total. The molecule has 9 heteroatoms. The summed E-state index contributed by atoms with van der Waals surface area (Å²) in [5, 5.41) is 29.4. The number of aromatic nitrogens is 4. The van der Waals surface area contributed by atoms with Crippen molar-refractivity contribution in [3.05, 3.63) is 24.3 Å². The second-order valence-electron chi connectivity index (χ2n) is 5.89. The molecule has 2 aromatic heterocycles. The highest BCUT2D eigenvalue weighted by Gasteiger charge is 2.37. The highest BCUT2D eigenvalue weighted by molar-refractivity contribution is 6.27. The smallest absolute Gasteiger partial charge is 0.174 e. The van der Waals surface area contributed by atoms with Crippen LogP contribution in [0.4, 0.5) is 5.82 Å². The van der Waals surface area contributed by atoms with E-state index in [0.29, 0.717) is 22.6 Å². The zero-order valence-corrected chi connectivity index (χ0v) is 12.9. The average Bonchev–Trinajstić information content (AvgIpc) is 3.27. The molecule has 3 atom stereocenters. The monoisotopic (exact) mass is 337 g/mol. The van der Waals surface area contributed by atoms with E-state index < -0.39 is 18.2 Å². The molecule has 0 saturated heterocycles. The van der Waals surface area contributed by atoms with Crippen molar-refractivity contribution in [2.24, 2.45) is 0 Å². The molecule has 122 valence electrons. The van der Waals surface area contributed by atoms with Crippen LogP contribution in [0, 0.1) is 0 Å². The predicted octanol–water partition coefficient (Wildman–Crippen LogP) is 0.144. The number of imidazole rings is 1. The lowest BCUT2D eigenvalue weighted by atomic mass is 10.1. The zero-order valence-electron chi connectivity index (χ0n) is 12.1. The fourth-order valence-corrected chi connectivity index (χ4v) is 3.22. The van der Waals surface area contributed by atoms with Crippen molar-refractivity contribution < 1.29 is 15.3 Å². The number of hydrogen-bond donors (Lipinski definition) is 3. The van der Waals surface area contributed by atoms with Crippen molar-refractivity contribution in [1.29, 1.82) is 0 Å². The van der Waals surface area contributed by atoms with E-state index in [0.717, 1.165) is 12.8 Å². The van der Waals surface area contributed by atoms with E-state index >= 15 is 0 Å². The quantitative estimate of drug-likeness (QED) is 0.538. The summed E-state index contributed by atoms with van der Waals surface area (Å²) in [6.45, 7) is -0.307. The van der Waals surface area contributed by atoms with E-state index in [9.17, 15) is 15.3 Å². The van der Waals surface area contributed by atoms with Gasteiger partial charge in [-0.2, -0.15) is 0 Å². The lowest BCUT2D eigenvalue weighted by molar-refractivity contribution is 0.0287. The highest BCUT2D eigenvalue weighted by atomic mass is 35.5. The van der Waals surface area contributed by atoms with Crippen LogP contribution in [0.3, 0.4) is 0 Å². The summed E-state index contributed by atoms with van der Waals surface area (Å²) in [5.74, 6) is 0.539. The van der Waals surface area contributed by atoms with E-state index in [-0.39, 0.29) is 12.6 Å². The number of hydrogen-bond acceptors (Lipinski definition) is 7. The Hall–Kier alpha value is -1.74. The fourth-order valence-electron chi connectivity index (χ4n) is 2.90. The standard InChI is InChI=1S/C14H16ClN5O3/c15-20(8-1-2-8)14-10-13(16-5-17-14)19(6-18-10)9-3-7(4-21)11(22)12(9)23/h3,5-6,8-9,11-12,21-23H,1-2,4H2. The third-order valence-corrected chi connectivity index (χ3v) is 4.79. The van der Waals surface area contributed by atoms with Crippen molar-refractivity contribution in [1.82, 2.24) is 19.5 Å². The molecule has 0 aliphatic heterocycles. The van der Waals surface area contributed by atoms with Gasteiger partial charge in [-0.3, -0.25) is 4.42 Å². The molecular formula is C14H16ClN5O3. The molecule has 2 aromatic rings. The number of anilines is 1. The lowest BCUT2D eigenvalue weighted by Crippen LogP contribution is -2.30. The first-order chi connectivity index (χ1) is 11.1. The average molecular weight is 338 g/mol. The van der Waals surface area contributed by atoms with Crippen molar-refractivity contribution >= 4 is 28.8 Å². The van der Waals surface area contributed by atoms with Crippen LogP contribution in [0.15, 0.2) is 24.3 Å². The Morgan fingerprint density at radius 2 is 2.04 bits per heavy atom. The van der Waals surface area contributed by atoms with Crippen LogP contribution in [0.5, 0.6) is 0 Å². The number of aliphatic hydroxyl groups is 3. The summed E-state index contributed by atoms with van der Waals surface area (Å²) < 4.78 is 3.24. The van der Waals surface area contributed by atoms with Crippen LogP contribution in [-0.2, 0) is 0 Å². The third-order valence-electron chi connectivity index (χ3n) is 4.35. The number of aliphatic hydroxyl groups excluding tert-OH is 3. The molecule has 1 fully saturated rings. The summed E-state index contributed by atoms with van der Waals surface area (Å²) in [6, 6.07) is -0.288. The number of rotatable bonds is 4. The van der Waals surface area contributed by atoms with E-state index in [1.54, 1.807) is 15.1 Å². The minimum Gasteiger partial charge on any atom is -0.392 e. The Morgan fingerprint density at radius 1 is 1.26 bits per heavy atom. The van der Waals surface area contributed by atoms with Gasteiger partial charge in [-0.15, -0.1) is 0 Å². The van der Waals surface area contributed by atoms with Crippen LogP contribution in [-0.4, -0.2) is 59.7 Å². The van der Waals surface area contributed by atoms with Gasteiger partial charge in [-0.25, -0.2) is 15.0 Å². The van der Waals surface area contributed by atoms with E-state index in [2.05, 4.69) is 15.0 Å². The maximum atomic E-state index is 10.2. The molecule has 0 aromatic carbocycles. The molecule has 2 heterocycles. The Labute approximate surface area is 136 Å². The normalized spacial score (nSPS) is 27.5. The maximum absolute atomic E-state index is 10.2. The molecular weight excluding hydrogens is 322 g/mol. The van der Waals surface area contributed by atoms with Crippen LogP contribution >= 0.6 is 11.8 Å². The van der Waals surface area contributed by atoms with Crippen LogP contribution in [0.2, 0.25) is 0 Å².